The van der Waals surface area contributed by atoms with E-state index in [4.69, 9.17) is 5.10 Å². The van der Waals surface area contributed by atoms with Crippen molar-refractivity contribution in [2.75, 3.05) is 0 Å². The number of fused-ring (bicyclic) bond motifs is 1. The van der Waals surface area contributed by atoms with Crippen molar-refractivity contribution < 1.29 is 0 Å². The molecule has 2 nitrogen and oxygen atoms in total. The highest BCUT2D eigenvalue weighted by Crippen LogP contribution is 2.23. The van der Waals surface area contributed by atoms with Crippen LogP contribution in [0.1, 0.15) is 11.3 Å². The largest absolute Gasteiger partial charge is 0.232 e. The molecule has 0 bridgehead atoms. The Morgan fingerprint density at radius 3 is 2.09 bits per heavy atom. The minimum Gasteiger partial charge on any atom is -0.232 e. The number of nitrogens with zero attached hydrogens (tertiary/aromatic N) is 2. The third-order valence-electron chi connectivity index (χ3n) is 3.85. The second kappa shape index (κ2) is 5.93. The molecule has 0 saturated carbocycles. The molecule has 4 rings (SSSR count). The van der Waals surface area contributed by atoms with Gasteiger partial charge in [0.15, 0.2) is 0 Å². The Labute approximate surface area is 135 Å². The third kappa shape index (κ3) is 2.67. The Hall–Kier alpha value is -3.13. The van der Waals surface area contributed by atoms with Crippen molar-refractivity contribution in [2.45, 2.75) is 0 Å². The van der Waals surface area contributed by atoms with Gasteiger partial charge in [-0.1, -0.05) is 72.8 Å². The van der Waals surface area contributed by atoms with Crippen molar-refractivity contribution in [2.24, 2.45) is 0 Å². The van der Waals surface area contributed by atoms with Gasteiger partial charge < -0.3 is 0 Å². The SMILES string of the molecule is C(=Cc1nn(-c2ccccc2)c2ccccc12)c1ccccc1. The van der Waals surface area contributed by atoms with Crippen molar-refractivity contribution in [1.29, 1.82) is 0 Å². The summed E-state index contributed by atoms with van der Waals surface area (Å²) in [6.07, 6.45) is 4.18. The van der Waals surface area contributed by atoms with E-state index in [9.17, 15) is 0 Å². The monoisotopic (exact) mass is 296 g/mol. The molecule has 0 spiro atoms. The summed E-state index contributed by atoms with van der Waals surface area (Å²) >= 11 is 0. The highest BCUT2D eigenvalue weighted by molar-refractivity contribution is 5.90. The van der Waals surface area contributed by atoms with Gasteiger partial charge in [-0.25, -0.2) is 4.68 Å². The van der Waals surface area contributed by atoms with E-state index in [0.717, 1.165) is 22.3 Å². The molecule has 23 heavy (non-hydrogen) atoms. The number of aromatic nitrogens is 2. The quantitative estimate of drug-likeness (QED) is 0.508. The van der Waals surface area contributed by atoms with Crippen LogP contribution in [0.5, 0.6) is 0 Å². The van der Waals surface area contributed by atoms with Gasteiger partial charge in [0.05, 0.1) is 16.9 Å². The zero-order valence-electron chi connectivity index (χ0n) is 12.6. The third-order valence-corrected chi connectivity index (χ3v) is 3.85. The van der Waals surface area contributed by atoms with Gasteiger partial charge in [-0.05, 0) is 29.8 Å². The van der Waals surface area contributed by atoms with Crippen LogP contribution in [-0.4, -0.2) is 9.78 Å². The summed E-state index contributed by atoms with van der Waals surface area (Å²) in [6, 6.07) is 28.8. The zero-order valence-corrected chi connectivity index (χ0v) is 12.6. The number of hydrogen-bond donors (Lipinski definition) is 0. The lowest BCUT2D eigenvalue weighted by molar-refractivity contribution is 0.905. The minimum absolute atomic E-state index is 0.980. The van der Waals surface area contributed by atoms with Crippen LogP contribution in [0.2, 0.25) is 0 Å². The highest BCUT2D eigenvalue weighted by Gasteiger charge is 2.08. The van der Waals surface area contributed by atoms with Crippen LogP contribution in [0.25, 0.3) is 28.7 Å². The van der Waals surface area contributed by atoms with Crippen LogP contribution in [0, 0.1) is 0 Å². The Bertz CT molecular complexity index is 951. The van der Waals surface area contributed by atoms with Gasteiger partial charge in [-0.2, -0.15) is 5.10 Å². The standard InChI is InChI=1S/C21H16N2/c1-3-9-17(10-4-1)15-16-20-19-13-7-8-14-21(19)23(22-20)18-11-5-2-6-12-18/h1-16H. The second-order valence-electron chi connectivity index (χ2n) is 5.39. The molecule has 1 heterocycles. The molecular formula is C21H16N2. The smallest absolute Gasteiger partial charge is 0.0934 e. The molecule has 3 aromatic carbocycles. The number of rotatable bonds is 3. The van der Waals surface area contributed by atoms with E-state index in [2.05, 4.69) is 54.6 Å². The summed E-state index contributed by atoms with van der Waals surface area (Å²) in [4.78, 5) is 0. The Morgan fingerprint density at radius 2 is 1.30 bits per heavy atom. The maximum Gasteiger partial charge on any atom is 0.0934 e. The Kier molecular flexibility index (Phi) is 3.49. The van der Waals surface area contributed by atoms with Crippen molar-refractivity contribution in [3.63, 3.8) is 0 Å². The van der Waals surface area contributed by atoms with Crippen LogP contribution >= 0.6 is 0 Å². The predicted molar refractivity (Wildman–Crippen MR) is 96.4 cm³/mol. The fourth-order valence-electron chi connectivity index (χ4n) is 2.72. The molecule has 0 radical (unpaired) electrons. The van der Waals surface area contributed by atoms with Gasteiger partial charge in [0.1, 0.15) is 0 Å². The minimum atomic E-state index is 0.980. The van der Waals surface area contributed by atoms with Crippen molar-refractivity contribution in [3.05, 3.63) is 96.2 Å². The summed E-state index contributed by atoms with van der Waals surface area (Å²) in [5, 5.41) is 5.96. The lowest BCUT2D eigenvalue weighted by Gasteiger charge is -2.01. The molecule has 0 unspecified atom stereocenters. The van der Waals surface area contributed by atoms with Gasteiger partial charge in [0.25, 0.3) is 0 Å². The summed E-state index contributed by atoms with van der Waals surface area (Å²) in [6.45, 7) is 0. The highest BCUT2D eigenvalue weighted by atomic mass is 15.3. The molecular weight excluding hydrogens is 280 g/mol. The van der Waals surface area contributed by atoms with Crippen molar-refractivity contribution in [1.82, 2.24) is 9.78 Å². The molecule has 1 aromatic heterocycles. The lowest BCUT2D eigenvalue weighted by atomic mass is 10.1. The van der Waals surface area contributed by atoms with E-state index in [1.165, 1.54) is 5.56 Å². The molecule has 0 aliphatic carbocycles. The first-order chi connectivity index (χ1) is 11.4. The molecule has 0 aliphatic rings. The number of benzene rings is 3. The van der Waals surface area contributed by atoms with E-state index < -0.39 is 0 Å². The summed E-state index contributed by atoms with van der Waals surface area (Å²) in [7, 11) is 0. The molecule has 0 N–H and O–H groups in total. The fraction of sp³-hybridized carbons (Fsp3) is 0. The molecule has 110 valence electrons. The number of hydrogen-bond acceptors (Lipinski definition) is 1. The van der Waals surface area contributed by atoms with E-state index in [1.54, 1.807) is 0 Å². The Balaban J connectivity index is 1.83. The second-order valence-corrected chi connectivity index (χ2v) is 5.39. The van der Waals surface area contributed by atoms with Crippen LogP contribution in [0.15, 0.2) is 84.9 Å². The van der Waals surface area contributed by atoms with E-state index in [1.807, 2.05) is 47.1 Å². The van der Waals surface area contributed by atoms with E-state index in [-0.39, 0.29) is 0 Å². The summed E-state index contributed by atoms with van der Waals surface area (Å²) in [5.74, 6) is 0. The fourth-order valence-corrected chi connectivity index (χ4v) is 2.72. The van der Waals surface area contributed by atoms with Gasteiger partial charge >= 0.3 is 0 Å². The Morgan fingerprint density at radius 1 is 0.652 bits per heavy atom. The van der Waals surface area contributed by atoms with E-state index >= 15 is 0 Å². The van der Waals surface area contributed by atoms with Crippen molar-refractivity contribution in [3.8, 4) is 5.69 Å². The average Bonchev–Trinajstić information content (AvgIpc) is 3.01. The first kappa shape index (κ1) is 13.5. The van der Waals surface area contributed by atoms with Gasteiger partial charge in [0.2, 0.25) is 0 Å². The topological polar surface area (TPSA) is 17.8 Å². The predicted octanol–water partition coefficient (Wildman–Crippen LogP) is 5.20. The molecule has 4 aromatic rings. The van der Waals surface area contributed by atoms with Crippen LogP contribution in [0.3, 0.4) is 0 Å². The van der Waals surface area contributed by atoms with Crippen molar-refractivity contribution >= 4 is 23.1 Å². The molecule has 0 saturated heterocycles. The number of para-hydroxylation sites is 2. The molecule has 0 fully saturated rings. The molecule has 0 amide bonds. The first-order valence-corrected chi connectivity index (χ1v) is 7.68. The van der Waals surface area contributed by atoms with Gasteiger partial charge in [-0.15, -0.1) is 0 Å². The van der Waals surface area contributed by atoms with Crippen LogP contribution in [0.4, 0.5) is 0 Å². The van der Waals surface area contributed by atoms with Crippen LogP contribution < -0.4 is 0 Å². The van der Waals surface area contributed by atoms with Gasteiger partial charge in [-0.3, -0.25) is 0 Å². The first-order valence-electron chi connectivity index (χ1n) is 7.68. The summed E-state index contributed by atoms with van der Waals surface area (Å²) < 4.78 is 2.00. The molecule has 0 aliphatic heterocycles. The molecule has 2 heteroatoms. The van der Waals surface area contributed by atoms with Gasteiger partial charge in [0, 0.05) is 5.39 Å². The maximum atomic E-state index is 4.80. The molecule has 0 atom stereocenters. The maximum absolute atomic E-state index is 4.80. The zero-order chi connectivity index (χ0) is 15.5. The summed E-state index contributed by atoms with van der Waals surface area (Å²) in [5.41, 5.74) is 4.34. The van der Waals surface area contributed by atoms with Crippen LogP contribution in [-0.2, 0) is 0 Å². The average molecular weight is 296 g/mol. The normalized spacial score (nSPS) is 11.3. The lowest BCUT2D eigenvalue weighted by Crippen LogP contribution is -1.95. The van der Waals surface area contributed by atoms with E-state index in [0.29, 0.717) is 0 Å².